The standard InChI is InChI=1S/C14H18FN3O2/c15-11-6-4-10(5-7-11)12(19)17-14(13(16)18-20)8-2-1-3-9-14/h4-7,20H,1-3,8-9H2,(H2,16,18)(H,17,19). The number of nitrogens with zero attached hydrogens (tertiary/aromatic N) is 1. The molecule has 0 aromatic heterocycles. The van der Waals surface area contributed by atoms with Gasteiger partial charge >= 0.3 is 0 Å². The summed E-state index contributed by atoms with van der Waals surface area (Å²) in [6.45, 7) is 0. The van der Waals surface area contributed by atoms with Crippen LogP contribution in [0.4, 0.5) is 4.39 Å². The normalized spacial score (nSPS) is 18.6. The second kappa shape index (κ2) is 5.90. The first-order chi connectivity index (χ1) is 9.57. The maximum atomic E-state index is 12.9. The van der Waals surface area contributed by atoms with E-state index >= 15 is 0 Å². The van der Waals surface area contributed by atoms with E-state index in [-0.39, 0.29) is 11.7 Å². The molecule has 1 aliphatic rings. The van der Waals surface area contributed by atoms with Gasteiger partial charge in [0.25, 0.3) is 5.91 Å². The lowest BCUT2D eigenvalue weighted by atomic mass is 9.80. The maximum Gasteiger partial charge on any atom is 0.252 e. The number of rotatable bonds is 3. The molecule has 0 bridgehead atoms. The highest BCUT2D eigenvalue weighted by Gasteiger charge is 2.38. The van der Waals surface area contributed by atoms with Gasteiger partial charge in [-0.1, -0.05) is 24.4 Å². The molecule has 0 atom stereocenters. The number of amides is 1. The number of hydrogen-bond donors (Lipinski definition) is 3. The number of hydrogen-bond acceptors (Lipinski definition) is 3. The fraction of sp³-hybridized carbons (Fsp3) is 0.429. The van der Waals surface area contributed by atoms with Gasteiger partial charge in [0.2, 0.25) is 0 Å². The van der Waals surface area contributed by atoms with Crippen LogP contribution in [0.2, 0.25) is 0 Å². The molecule has 1 aliphatic carbocycles. The maximum absolute atomic E-state index is 12.9. The number of nitrogens with two attached hydrogens (primary N) is 1. The minimum Gasteiger partial charge on any atom is -0.409 e. The smallest absolute Gasteiger partial charge is 0.252 e. The third-order valence-corrected chi connectivity index (χ3v) is 3.76. The van der Waals surface area contributed by atoms with Crippen LogP contribution in [0.3, 0.4) is 0 Å². The first kappa shape index (κ1) is 14.3. The van der Waals surface area contributed by atoms with Gasteiger partial charge in [-0.15, -0.1) is 0 Å². The van der Waals surface area contributed by atoms with E-state index in [1.807, 2.05) is 0 Å². The van der Waals surface area contributed by atoms with Gasteiger partial charge in [0.1, 0.15) is 11.4 Å². The molecule has 2 rings (SSSR count). The number of amidine groups is 1. The molecule has 0 spiro atoms. The number of oxime groups is 1. The van der Waals surface area contributed by atoms with Gasteiger partial charge in [-0.3, -0.25) is 4.79 Å². The predicted molar refractivity (Wildman–Crippen MR) is 73.1 cm³/mol. The first-order valence-corrected chi connectivity index (χ1v) is 6.63. The summed E-state index contributed by atoms with van der Waals surface area (Å²) in [6, 6.07) is 5.28. The Morgan fingerprint density at radius 3 is 2.40 bits per heavy atom. The zero-order valence-corrected chi connectivity index (χ0v) is 11.1. The second-order valence-corrected chi connectivity index (χ2v) is 5.09. The molecule has 1 aromatic rings. The zero-order valence-electron chi connectivity index (χ0n) is 11.1. The topological polar surface area (TPSA) is 87.7 Å². The van der Waals surface area contributed by atoms with Gasteiger partial charge in [-0.2, -0.15) is 0 Å². The van der Waals surface area contributed by atoms with Crippen LogP contribution in [-0.4, -0.2) is 22.5 Å². The average molecular weight is 279 g/mol. The molecule has 1 amide bonds. The van der Waals surface area contributed by atoms with E-state index < -0.39 is 11.4 Å². The van der Waals surface area contributed by atoms with Crippen molar-refractivity contribution in [1.82, 2.24) is 5.32 Å². The molecule has 0 unspecified atom stereocenters. The van der Waals surface area contributed by atoms with E-state index in [4.69, 9.17) is 10.9 Å². The van der Waals surface area contributed by atoms with Gasteiger partial charge in [0.15, 0.2) is 5.84 Å². The third-order valence-electron chi connectivity index (χ3n) is 3.76. The van der Waals surface area contributed by atoms with Gasteiger partial charge in [0.05, 0.1) is 0 Å². The fourth-order valence-corrected chi connectivity index (χ4v) is 2.59. The Morgan fingerprint density at radius 1 is 1.25 bits per heavy atom. The molecule has 1 fully saturated rings. The molecule has 1 saturated carbocycles. The summed E-state index contributed by atoms with van der Waals surface area (Å²) in [5.41, 5.74) is 5.30. The first-order valence-electron chi connectivity index (χ1n) is 6.63. The van der Waals surface area contributed by atoms with Crippen LogP contribution in [-0.2, 0) is 0 Å². The van der Waals surface area contributed by atoms with Crippen molar-refractivity contribution in [2.75, 3.05) is 0 Å². The number of carbonyl (C=O) groups excluding carboxylic acids is 1. The minimum atomic E-state index is -0.807. The number of nitrogens with one attached hydrogen (secondary N) is 1. The summed E-state index contributed by atoms with van der Waals surface area (Å²) in [6.07, 6.45) is 4.14. The van der Waals surface area contributed by atoms with Crippen molar-refractivity contribution in [3.63, 3.8) is 0 Å². The van der Waals surface area contributed by atoms with E-state index in [1.54, 1.807) is 0 Å². The number of carbonyl (C=O) groups is 1. The molecular weight excluding hydrogens is 261 g/mol. The third kappa shape index (κ3) is 2.89. The van der Waals surface area contributed by atoms with E-state index in [9.17, 15) is 9.18 Å². The predicted octanol–water partition coefficient (Wildman–Crippen LogP) is 2.00. The Hall–Kier alpha value is -2.11. The zero-order chi connectivity index (χ0) is 14.6. The lowest BCUT2D eigenvalue weighted by Gasteiger charge is -2.36. The van der Waals surface area contributed by atoms with Crippen LogP contribution in [0.15, 0.2) is 29.4 Å². The molecule has 0 saturated heterocycles. The molecule has 1 aromatic carbocycles. The fourth-order valence-electron chi connectivity index (χ4n) is 2.59. The molecule has 108 valence electrons. The minimum absolute atomic E-state index is 0.0210. The Labute approximate surface area is 116 Å². The summed E-state index contributed by atoms with van der Waals surface area (Å²) in [5, 5.41) is 14.8. The summed E-state index contributed by atoms with van der Waals surface area (Å²) in [7, 11) is 0. The van der Waals surface area contributed by atoms with Crippen molar-refractivity contribution in [2.45, 2.75) is 37.6 Å². The number of halogens is 1. The van der Waals surface area contributed by atoms with Crippen molar-refractivity contribution < 1.29 is 14.4 Å². The quantitative estimate of drug-likeness (QED) is 0.342. The van der Waals surface area contributed by atoms with Gasteiger partial charge in [-0.25, -0.2) is 4.39 Å². The van der Waals surface area contributed by atoms with Crippen LogP contribution in [0.1, 0.15) is 42.5 Å². The van der Waals surface area contributed by atoms with Crippen LogP contribution < -0.4 is 11.1 Å². The summed E-state index contributed by atoms with van der Waals surface area (Å²) < 4.78 is 12.9. The van der Waals surface area contributed by atoms with Crippen LogP contribution in [0, 0.1) is 5.82 Å². The highest BCUT2D eigenvalue weighted by molar-refractivity contribution is 6.00. The Bertz CT molecular complexity index is 508. The average Bonchev–Trinajstić information content (AvgIpc) is 2.48. The SMILES string of the molecule is N/C(=N/O)C1(NC(=O)c2ccc(F)cc2)CCCCC1. The molecule has 4 N–H and O–H groups in total. The van der Waals surface area contributed by atoms with E-state index in [2.05, 4.69) is 10.5 Å². The van der Waals surface area contributed by atoms with Gasteiger partial charge in [0, 0.05) is 5.56 Å². The molecule has 5 nitrogen and oxygen atoms in total. The van der Waals surface area contributed by atoms with Gasteiger partial charge in [-0.05, 0) is 37.1 Å². The summed E-state index contributed by atoms with van der Waals surface area (Å²) in [5.74, 6) is -0.725. The highest BCUT2D eigenvalue weighted by Crippen LogP contribution is 2.28. The monoisotopic (exact) mass is 279 g/mol. The van der Waals surface area contributed by atoms with Crippen LogP contribution in [0.25, 0.3) is 0 Å². The lowest BCUT2D eigenvalue weighted by molar-refractivity contribution is 0.0905. The van der Waals surface area contributed by atoms with Crippen molar-refractivity contribution >= 4 is 11.7 Å². The molecule has 0 heterocycles. The Morgan fingerprint density at radius 2 is 1.85 bits per heavy atom. The highest BCUT2D eigenvalue weighted by atomic mass is 19.1. The molecule has 0 aliphatic heterocycles. The van der Waals surface area contributed by atoms with E-state index in [0.717, 1.165) is 19.3 Å². The summed E-state index contributed by atoms with van der Waals surface area (Å²) >= 11 is 0. The van der Waals surface area contributed by atoms with E-state index in [0.29, 0.717) is 18.4 Å². The van der Waals surface area contributed by atoms with Gasteiger partial charge < -0.3 is 16.3 Å². The number of benzene rings is 1. The molecule has 6 heteroatoms. The molecular formula is C14H18FN3O2. The van der Waals surface area contributed by atoms with Crippen molar-refractivity contribution in [1.29, 1.82) is 0 Å². The largest absolute Gasteiger partial charge is 0.409 e. The molecule has 0 radical (unpaired) electrons. The van der Waals surface area contributed by atoms with Crippen molar-refractivity contribution in [3.05, 3.63) is 35.6 Å². The summed E-state index contributed by atoms with van der Waals surface area (Å²) in [4.78, 5) is 12.2. The Balaban J connectivity index is 2.19. The Kier molecular flexibility index (Phi) is 4.22. The van der Waals surface area contributed by atoms with Crippen LogP contribution in [0.5, 0.6) is 0 Å². The van der Waals surface area contributed by atoms with Crippen LogP contribution >= 0.6 is 0 Å². The van der Waals surface area contributed by atoms with Crippen molar-refractivity contribution in [2.24, 2.45) is 10.9 Å². The lowest BCUT2D eigenvalue weighted by Crippen LogP contribution is -2.58. The molecule has 20 heavy (non-hydrogen) atoms. The van der Waals surface area contributed by atoms with E-state index in [1.165, 1.54) is 24.3 Å². The second-order valence-electron chi connectivity index (χ2n) is 5.09. The van der Waals surface area contributed by atoms with Crippen molar-refractivity contribution in [3.8, 4) is 0 Å².